The van der Waals surface area contributed by atoms with Gasteiger partial charge in [-0.3, -0.25) is 9.59 Å². The summed E-state index contributed by atoms with van der Waals surface area (Å²) in [7, 11) is 0. The van der Waals surface area contributed by atoms with Gasteiger partial charge in [-0.1, -0.05) is 145 Å². The topological polar surface area (TPSA) is 52.6 Å². The summed E-state index contributed by atoms with van der Waals surface area (Å²) in [6, 6.07) is 0. The fourth-order valence-corrected chi connectivity index (χ4v) is 4.88. The zero-order chi connectivity index (χ0) is 26.2. The highest BCUT2D eigenvalue weighted by Crippen LogP contribution is 2.24. The monoisotopic (exact) mass is 577 g/mol. The van der Waals surface area contributed by atoms with Crippen LogP contribution in [-0.4, -0.2) is 36.7 Å². The second-order valence-electron chi connectivity index (χ2n) is 10.7. The zero-order valence-corrected chi connectivity index (χ0v) is 24.4. The summed E-state index contributed by atoms with van der Waals surface area (Å²) in [5.41, 5.74) is 0.275. The number of carbonyl (C=O) groups excluding carboxylic acids is 2. The molecular formula is C34H72O4S. The van der Waals surface area contributed by atoms with Gasteiger partial charge in [-0.2, -0.15) is 11.8 Å². The smallest absolute Gasteiger partial charge is 0.312 e. The van der Waals surface area contributed by atoms with E-state index in [2.05, 4.69) is 13.5 Å². The fourth-order valence-electron chi connectivity index (χ4n) is 3.91. The van der Waals surface area contributed by atoms with Gasteiger partial charge >= 0.3 is 11.9 Å². The Morgan fingerprint density at radius 2 is 1.08 bits per heavy atom. The molecular weight excluding hydrogens is 504 g/mol. The minimum Gasteiger partial charge on any atom is -0.465 e. The summed E-state index contributed by atoms with van der Waals surface area (Å²) in [5, 5.41) is 0. The van der Waals surface area contributed by atoms with E-state index in [9.17, 15) is 9.59 Å². The maximum atomic E-state index is 12.4. The minimum absolute atomic E-state index is 0. The molecule has 0 aromatic carbocycles. The first-order valence-electron chi connectivity index (χ1n) is 14.3. The van der Waals surface area contributed by atoms with E-state index in [1.807, 2.05) is 20.8 Å². The summed E-state index contributed by atoms with van der Waals surface area (Å²) in [4.78, 5) is 23.9. The molecule has 0 aromatic heterocycles. The van der Waals surface area contributed by atoms with Gasteiger partial charge in [0.15, 0.2) is 0 Å². The molecule has 0 aliphatic rings. The Morgan fingerprint density at radius 3 is 1.49 bits per heavy atom. The summed E-state index contributed by atoms with van der Waals surface area (Å²) in [6.07, 6.45) is 21.7. The molecule has 0 radical (unpaired) electrons. The lowest BCUT2D eigenvalue weighted by atomic mass is 9.97. The van der Waals surface area contributed by atoms with Gasteiger partial charge in [-0.25, -0.2) is 0 Å². The molecule has 0 aliphatic heterocycles. The Hall–Kier alpha value is -0.970. The molecule has 0 heterocycles. The molecule has 0 aliphatic carbocycles. The molecule has 0 bridgehead atoms. The Bertz CT molecular complexity index is 545. The van der Waals surface area contributed by atoms with Gasteiger partial charge in [0.25, 0.3) is 0 Å². The van der Waals surface area contributed by atoms with E-state index in [0.717, 1.165) is 18.4 Å². The number of hydrogen-bond acceptors (Lipinski definition) is 5. The van der Waals surface area contributed by atoms with Gasteiger partial charge in [0, 0.05) is 11.5 Å². The van der Waals surface area contributed by atoms with Crippen molar-refractivity contribution in [2.75, 3.05) is 24.7 Å². The SMILES string of the molecule is C.C.C.C.C=C(C)CC(=O)OCCSCC(C)(C)C(=O)OCCCCCCCCCCCCCCCCCC. The average molecular weight is 577 g/mol. The Balaban J connectivity index is -0.000000963. The third kappa shape index (κ3) is 33.1. The fraction of sp³-hybridized carbons (Fsp3) is 0.882. The lowest BCUT2D eigenvalue weighted by molar-refractivity contribution is -0.152. The number of hydrogen-bond donors (Lipinski definition) is 0. The number of thioether (sulfide) groups is 1. The van der Waals surface area contributed by atoms with Crippen molar-refractivity contribution in [1.29, 1.82) is 0 Å². The van der Waals surface area contributed by atoms with Crippen molar-refractivity contribution in [3.63, 3.8) is 0 Å². The number of carbonyl (C=O) groups is 2. The van der Waals surface area contributed by atoms with Crippen LogP contribution < -0.4 is 0 Å². The van der Waals surface area contributed by atoms with Gasteiger partial charge in [0.2, 0.25) is 0 Å². The van der Waals surface area contributed by atoms with E-state index in [-0.39, 0.29) is 48.1 Å². The van der Waals surface area contributed by atoms with Crippen molar-refractivity contribution in [3.05, 3.63) is 12.2 Å². The number of ether oxygens (including phenoxy) is 2. The van der Waals surface area contributed by atoms with Gasteiger partial charge < -0.3 is 9.47 Å². The van der Waals surface area contributed by atoms with Crippen LogP contribution in [0.2, 0.25) is 0 Å². The van der Waals surface area contributed by atoms with Crippen LogP contribution in [0, 0.1) is 5.41 Å². The molecule has 0 fully saturated rings. The first-order chi connectivity index (χ1) is 16.8. The van der Waals surface area contributed by atoms with Gasteiger partial charge in [-0.05, 0) is 27.2 Å². The second kappa shape index (κ2) is 33.2. The summed E-state index contributed by atoms with van der Waals surface area (Å²) in [5.74, 6) is 0.960. The van der Waals surface area contributed by atoms with Crippen LogP contribution in [0.5, 0.6) is 0 Å². The van der Waals surface area contributed by atoms with E-state index in [0.29, 0.717) is 24.7 Å². The highest BCUT2D eigenvalue weighted by Gasteiger charge is 2.29. The molecule has 4 nitrogen and oxygen atoms in total. The van der Waals surface area contributed by atoms with E-state index >= 15 is 0 Å². The van der Waals surface area contributed by atoms with Crippen LogP contribution in [0.4, 0.5) is 0 Å². The number of esters is 2. The van der Waals surface area contributed by atoms with E-state index in [1.165, 1.54) is 89.9 Å². The number of rotatable bonds is 25. The Labute approximate surface area is 251 Å². The van der Waals surface area contributed by atoms with Crippen molar-refractivity contribution in [3.8, 4) is 0 Å². The quantitative estimate of drug-likeness (QED) is 0.0614. The predicted octanol–water partition coefficient (Wildman–Crippen LogP) is 11.6. The van der Waals surface area contributed by atoms with E-state index in [4.69, 9.17) is 9.47 Å². The van der Waals surface area contributed by atoms with Crippen molar-refractivity contribution < 1.29 is 19.1 Å². The first kappa shape index (κ1) is 47.8. The molecule has 0 amide bonds. The second-order valence-corrected chi connectivity index (χ2v) is 11.8. The molecule has 39 heavy (non-hydrogen) atoms. The molecule has 0 saturated heterocycles. The molecule has 238 valence electrons. The van der Waals surface area contributed by atoms with Crippen molar-refractivity contribution in [1.82, 2.24) is 0 Å². The maximum absolute atomic E-state index is 12.4. The van der Waals surface area contributed by atoms with Gasteiger partial charge in [0.05, 0.1) is 18.4 Å². The predicted molar refractivity (Wildman–Crippen MR) is 179 cm³/mol. The molecule has 0 spiro atoms. The van der Waals surface area contributed by atoms with Crippen LogP contribution in [-0.2, 0) is 19.1 Å². The largest absolute Gasteiger partial charge is 0.465 e. The van der Waals surface area contributed by atoms with Crippen LogP contribution >= 0.6 is 11.8 Å². The Morgan fingerprint density at radius 1 is 0.667 bits per heavy atom. The molecule has 0 atom stereocenters. The molecule has 0 N–H and O–H groups in total. The van der Waals surface area contributed by atoms with E-state index < -0.39 is 5.41 Å². The molecule has 0 saturated carbocycles. The average Bonchev–Trinajstić information content (AvgIpc) is 2.80. The third-order valence-electron chi connectivity index (χ3n) is 6.18. The molecule has 0 aromatic rings. The van der Waals surface area contributed by atoms with Crippen LogP contribution in [0.25, 0.3) is 0 Å². The van der Waals surface area contributed by atoms with Crippen molar-refractivity contribution >= 4 is 23.7 Å². The van der Waals surface area contributed by atoms with Crippen molar-refractivity contribution in [2.45, 2.75) is 167 Å². The molecule has 0 rings (SSSR count). The summed E-state index contributed by atoms with van der Waals surface area (Å²) in [6.45, 7) is 12.5. The summed E-state index contributed by atoms with van der Waals surface area (Å²) >= 11 is 1.61. The molecule has 0 unspecified atom stereocenters. The first-order valence-corrected chi connectivity index (χ1v) is 15.5. The lowest BCUT2D eigenvalue weighted by Gasteiger charge is -2.22. The van der Waals surface area contributed by atoms with Crippen LogP contribution in [0.15, 0.2) is 12.2 Å². The third-order valence-corrected chi connectivity index (χ3v) is 7.56. The molecule has 5 heteroatoms. The highest BCUT2D eigenvalue weighted by atomic mass is 32.2. The maximum Gasteiger partial charge on any atom is 0.312 e. The highest BCUT2D eigenvalue weighted by molar-refractivity contribution is 7.99. The summed E-state index contributed by atoms with van der Waals surface area (Å²) < 4.78 is 10.7. The van der Waals surface area contributed by atoms with Gasteiger partial charge in [-0.15, -0.1) is 0 Å². The Kier molecular flexibility index (Phi) is 40.7. The van der Waals surface area contributed by atoms with Crippen LogP contribution in [0.1, 0.15) is 167 Å². The standard InChI is InChI=1S/C30H56O4S.4CH4/c1-6-7-8-9-10-11-12-13-14-15-16-17-18-19-20-21-22-34-29(32)30(4,5)26-35-24-23-33-28(31)25-27(2)3;;;;/h2,6-26H2,1,3-5H3;4*1H4. The lowest BCUT2D eigenvalue weighted by Crippen LogP contribution is -2.29. The van der Waals surface area contributed by atoms with E-state index in [1.54, 1.807) is 11.8 Å². The van der Waals surface area contributed by atoms with Gasteiger partial charge in [0.1, 0.15) is 6.61 Å². The zero-order valence-electron chi connectivity index (χ0n) is 23.6. The van der Waals surface area contributed by atoms with Crippen LogP contribution in [0.3, 0.4) is 0 Å². The normalized spacial score (nSPS) is 10.3. The number of unbranched alkanes of at least 4 members (excludes halogenated alkanes) is 15. The van der Waals surface area contributed by atoms with Crippen molar-refractivity contribution in [2.24, 2.45) is 5.41 Å². The minimum atomic E-state index is -0.526.